The molecule has 0 bridgehead atoms. The van der Waals surface area contributed by atoms with Crippen molar-refractivity contribution in [3.8, 4) is 11.4 Å². The molecule has 7 nitrogen and oxygen atoms in total. The molecule has 2 aromatic carbocycles. The molecule has 1 saturated heterocycles. The summed E-state index contributed by atoms with van der Waals surface area (Å²) in [5.74, 6) is 5.71. The number of nitrogens with two attached hydrogens (primary N) is 1. The Hall–Kier alpha value is -3.07. The standard InChI is InChI=1S/C21H23FN6OS/c22-18-7-3-2-6-17(18)20-25-26-21(28(20)23)30-14-19(29)24-15-8-10-16(11-9-15)27-12-4-1-5-13-27/h2-3,6-11H,1,4-5,12-14,23H2,(H,24,29). The van der Waals surface area contributed by atoms with Gasteiger partial charge in [0.15, 0.2) is 5.82 Å². The number of piperidine rings is 1. The van der Waals surface area contributed by atoms with E-state index in [2.05, 4.69) is 20.4 Å². The van der Waals surface area contributed by atoms with Gasteiger partial charge in [0.25, 0.3) is 0 Å². The van der Waals surface area contributed by atoms with Gasteiger partial charge in [-0.15, -0.1) is 10.2 Å². The van der Waals surface area contributed by atoms with E-state index in [0.29, 0.717) is 5.16 Å². The summed E-state index contributed by atoms with van der Waals surface area (Å²) in [7, 11) is 0. The van der Waals surface area contributed by atoms with E-state index in [-0.39, 0.29) is 23.0 Å². The molecule has 156 valence electrons. The van der Waals surface area contributed by atoms with Crippen LogP contribution < -0.4 is 16.1 Å². The summed E-state index contributed by atoms with van der Waals surface area (Å²) in [6, 6.07) is 14.1. The minimum Gasteiger partial charge on any atom is -0.372 e. The number of hydrogen-bond donors (Lipinski definition) is 2. The van der Waals surface area contributed by atoms with E-state index < -0.39 is 5.82 Å². The average molecular weight is 427 g/mol. The van der Waals surface area contributed by atoms with Gasteiger partial charge in [0.05, 0.1) is 11.3 Å². The Labute approximate surface area is 178 Å². The van der Waals surface area contributed by atoms with E-state index in [0.717, 1.165) is 30.5 Å². The number of aromatic nitrogens is 3. The maximum Gasteiger partial charge on any atom is 0.234 e. The molecule has 9 heteroatoms. The molecule has 3 N–H and O–H groups in total. The molecule has 2 heterocycles. The van der Waals surface area contributed by atoms with Crippen molar-refractivity contribution in [1.82, 2.24) is 14.9 Å². The SMILES string of the molecule is Nn1c(SCC(=O)Nc2ccc(N3CCCCC3)cc2)nnc1-c1ccccc1F. The molecule has 1 aliphatic rings. The Kier molecular flexibility index (Phi) is 6.18. The van der Waals surface area contributed by atoms with Gasteiger partial charge in [-0.3, -0.25) is 4.79 Å². The van der Waals surface area contributed by atoms with Gasteiger partial charge in [-0.25, -0.2) is 9.07 Å². The molecule has 0 saturated carbocycles. The molecular formula is C21H23FN6OS. The second-order valence-corrected chi connectivity index (χ2v) is 8.03. The smallest absolute Gasteiger partial charge is 0.234 e. The Morgan fingerprint density at radius 2 is 1.80 bits per heavy atom. The fraction of sp³-hybridized carbons (Fsp3) is 0.286. The van der Waals surface area contributed by atoms with Crippen LogP contribution in [0.25, 0.3) is 11.4 Å². The van der Waals surface area contributed by atoms with Gasteiger partial charge < -0.3 is 16.1 Å². The van der Waals surface area contributed by atoms with Crippen molar-refractivity contribution in [2.24, 2.45) is 0 Å². The van der Waals surface area contributed by atoms with Gasteiger partial charge in [-0.1, -0.05) is 23.9 Å². The number of thioether (sulfide) groups is 1. The number of amides is 1. The minimum absolute atomic E-state index is 0.112. The molecule has 3 aromatic rings. The van der Waals surface area contributed by atoms with Crippen LogP contribution >= 0.6 is 11.8 Å². The third-order valence-corrected chi connectivity index (χ3v) is 5.93. The quantitative estimate of drug-likeness (QED) is 0.463. The predicted octanol–water partition coefficient (Wildman–Crippen LogP) is 3.52. The fourth-order valence-corrected chi connectivity index (χ4v) is 4.09. The molecule has 1 fully saturated rings. The number of nitrogens with one attached hydrogen (secondary N) is 1. The van der Waals surface area contributed by atoms with E-state index >= 15 is 0 Å². The van der Waals surface area contributed by atoms with E-state index in [1.807, 2.05) is 24.3 Å². The lowest BCUT2D eigenvalue weighted by Gasteiger charge is -2.28. The molecule has 0 spiro atoms. The van der Waals surface area contributed by atoms with Crippen molar-refractivity contribution < 1.29 is 9.18 Å². The Balaban J connectivity index is 1.33. The highest BCUT2D eigenvalue weighted by Gasteiger charge is 2.16. The predicted molar refractivity (Wildman–Crippen MR) is 117 cm³/mol. The maximum atomic E-state index is 14.0. The highest BCUT2D eigenvalue weighted by Crippen LogP contribution is 2.24. The Morgan fingerprint density at radius 3 is 2.53 bits per heavy atom. The normalized spacial score (nSPS) is 14.0. The number of nitrogen functional groups attached to an aromatic ring is 1. The van der Waals surface area contributed by atoms with Gasteiger partial charge in [-0.2, -0.15) is 0 Å². The van der Waals surface area contributed by atoms with Gasteiger partial charge in [0.1, 0.15) is 5.82 Å². The number of carbonyl (C=O) groups excluding carboxylic acids is 1. The zero-order valence-electron chi connectivity index (χ0n) is 16.4. The first kappa shape index (κ1) is 20.2. The molecule has 1 amide bonds. The van der Waals surface area contributed by atoms with E-state index in [9.17, 15) is 9.18 Å². The number of halogens is 1. The topological polar surface area (TPSA) is 89.1 Å². The van der Waals surface area contributed by atoms with Crippen molar-refractivity contribution in [2.45, 2.75) is 24.4 Å². The van der Waals surface area contributed by atoms with Crippen LogP contribution in [-0.2, 0) is 4.79 Å². The summed E-state index contributed by atoms with van der Waals surface area (Å²) in [5, 5.41) is 11.1. The zero-order chi connectivity index (χ0) is 20.9. The Morgan fingerprint density at radius 1 is 1.07 bits per heavy atom. The van der Waals surface area contributed by atoms with Gasteiger partial charge in [-0.05, 0) is 55.7 Å². The van der Waals surface area contributed by atoms with E-state index in [1.165, 1.54) is 35.7 Å². The zero-order valence-corrected chi connectivity index (χ0v) is 17.2. The molecule has 0 atom stereocenters. The molecule has 30 heavy (non-hydrogen) atoms. The molecule has 4 rings (SSSR count). The number of rotatable bonds is 6. The second kappa shape index (κ2) is 9.17. The Bertz CT molecular complexity index is 1020. The van der Waals surface area contributed by atoms with Crippen LogP contribution in [-0.4, -0.2) is 39.6 Å². The second-order valence-electron chi connectivity index (χ2n) is 7.09. The first-order valence-corrected chi connectivity index (χ1v) is 10.8. The summed E-state index contributed by atoms with van der Waals surface area (Å²) >= 11 is 1.14. The third kappa shape index (κ3) is 4.56. The number of benzene rings is 2. The third-order valence-electron chi connectivity index (χ3n) is 4.98. The summed E-state index contributed by atoms with van der Waals surface area (Å²) in [6.07, 6.45) is 3.74. The van der Waals surface area contributed by atoms with Crippen molar-refractivity contribution >= 4 is 29.0 Å². The lowest BCUT2D eigenvalue weighted by molar-refractivity contribution is -0.113. The van der Waals surface area contributed by atoms with Crippen LogP contribution in [0.2, 0.25) is 0 Å². The lowest BCUT2D eigenvalue weighted by Crippen LogP contribution is -2.29. The molecule has 0 unspecified atom stereocenters. The van der Waals surface area contributed by atoms with Crippen LogP contribution in [0.4, 0.5) is 15.8 Å². The van der Waals surface area contributed by atoms with Gasteiger partial charge in [0, 0.05) is 24.5 Å². The van der Waals surface area contributed by atoms with Crippen LogP contribution in [0.15, 0.2) is 53.7 Å². The summed E-state index contributed by atoms with van der Waals surface area (Å²) < 4.78 is 15.2. The number of hydrogen-bond acceptors (Lipinski definition) is 6. The molecule has 0 radical (unpaired) electrons. The van der Waals surface area contributed by atoms with Gasteiger partial charge in [0.2, 0.25) is 11.1 Å². The number of nitrogens with zero attached hydrogens (tertiary/aromatic N) is 4. The molecule has 1 aromatic heterocycles. The van der Waals surface area contributed by atoms with Crippen molar-refractivity contribution in [3.05, 3.63) is 54.3 Å². The summed E-state index contributed by atoms with van der Waals surface area (Å²) in [5.41, 5.74) is 2.18. The van der Waals surface area contributed by atoms with Crippen LogP contribution in [0.1, 0.15) is 19.3 Å². The average Bonchev–Trinajstić information content (AvgIpc) is 3.14. The largest absolute Gasteiger partial charge is 0.372 e. The first-order chi connectivity index (χ1) is 14.6. The maximum absolute atomic E-state index is 14.0. The summed E-state index contributed by atoms with van der Waals surface area (Å²) in [6.45, 7) is 2.16. The minimum atomic E-state index is -0.432. The fourth-order valence-electron chi connectivity index (χ4n) is 3.44. The van der Waals surface area contributed by atoms with Crippen LogP contribution in [0, 0.1) is 5.82 Å². The van der Waals surface area contributed by atoms with Crippen LogP contribution in [0.3, 0.4) is 0 Å². The van der Waals surface area contributed by atoms with Crippen LogP contribution in [0.5, 0.6) is 0 Å². The van der Waals surface area contributed by atoms with E-state index in [4.69, 9.17) is 5.84 Å². The van der Waals surface area contributed by atoms with Crippen molar-refractivity contribution in [3.63, 3.8) is 0 Å². The first-order valence-electron chi connectivity index (χ1n) is 9.85. The summed E-state index contributed by atoms with van der Waals surface area (Å²) in [4.78, 5) is 14.7. The van der Waals surface area contributed by atoms with Crippen molar-refractivity contribution in [2.75, 3.05) is 34.9 Å². The monoisotopic (exact) mass is 426 g/mol. The molecule has 1 aliphatic heterocycles. The van der Waals surface area contributed by atoms with Gasteiger partial charge >= 0.3 is 0 Å². The highest BCUT2D eigenvalue weighted by molar-refractivity contribution is 7.99. The number of anilines is 2. The lowest BCUT2D eigenvalue weighted by atomic mass is 10.1. The van der Waals surface area contributed by atoms with E-state index in [1.54, 1.807) is 18.2 Å². The van der Waals surface area contributed by atoms with Crippen molar-refractivity contribution in [1.29, 1.82) is 0 Å². The number of carbonyl (C=O) groups is 1. The molecule has 0 aliphatic carbocycles. The molecular weight excluding hydrogens is 403 g/mol. The highest BCUT2D eigenvalue weighted by atomic mass is 32.2.